The summed E-state index contributed by atoms with van der Waals surface area (Å²) in [7, 11) is 0. The molecule has 0 bridgehead atoms. The molecule has 0 amide bonds. The Labute approximate surface area is 151 Å². The van der Waals surface area contributed by atoms with E-state index in [1.165, 1.54) is 0 Å². The minimum Gasteiger partial charge on any atom is -0.507 e. The highest BCUT2D eigenvalue weighted by Crippen LogP contribution is 2.40. The molecule has 0 aliphatic carbocycles. The zero-order valence-electron chi connectivity index (χ0n) is 16.6. The second-order valence-electron chi connectivity index (χ2n) is 9.02. The Morgan fingerprint density at radius 2 is 1.52 bits per heavy atom. The van der Waals surface area contributed by atoms with E-state index in [1.54, 1.807) is 0 Å². The third-order valence-electron chi connectivity index (χ3n) is 4.56. The van der Waals surface area contributed by atoms with Gasteiger partial charge >= 0.3 is 0 Å². The summed E-state index contributed by atoms with van der Waals surface area (Å²) < 4.78 is 0. The van der Waals surface area contributed by atoms with E-state index in [-0.39, 0.29) is 16.6 Å². The third-order valence-corrected chi connectivity index (χ3v) is 4.56. The molecule has 0 aliphatic rings. The molecule has 0 fully saturated rings. The Balaban J connectivity index is 2.33. The first-order valence-electron chi connectivity index (χ1n) is 8.95. The van der Waals surface area contributed by atoms with Crippen molar-refractivity contribution >= 4 is 5.78 Å². The van der Waals surface area contributed by atoms with Gasteiger partial charge < -0.3 is 10.1 Å². The minimum absolute atomic E-state index is 0.121. The summed E-state index contributed by atoms with van der Waals surface area (Å²) in [5, 5.41) is 10.8. The lowest BCUT2D eigenvalue weighted by molar-refractivity contribution is 0.0978. The van der Waals surface area contributed by atoms with E-state index in [4.69, 9.17) is 0 Å². The van der Waals surface area contributed by atoms with Crippen LogP contribution in [0.15, 0.2) is 24.3 Å². The van der Waals surface area contributed by atoms with E-state index < -0.39 is 0 Å². The molecule has 0 saturated carbocycles. The predicted octanol–water partition coefficient (Wildman–Crippen LogP) is 5.44. The second kappa shape index (κ2) is 6.70. The van der Waals surface area contributed by atoms with E-state index in [2.05, 4.69) is 58.7 Å². The van der Waals surface area contributed by atoms with Gasteiger partial charge in [-0.3, -0.25) is 4.79 Å². The van der Waals surface area contributed by atoms with Crippen LogP contribution in [0.25, 0.3) is 0 Å². The largest absolute Gasteiger partial charge is 0.507 e. The Bertz CT molecular complexity index is 735. The number of ketones is 1. The van der Waals surface area contributed by atoms with Crippen LogP contribution in [0.3, 0.4) is 0 Å². The summed E-state index contributed by atoms with van der Waals surface area (Å²) in [5.74, 6) is 0.505. The number of carbonyl (C=O) groups is 1. The molecule has 136 valence electrons. The van der Waals surface area contributed by atoms with E-state index in [1.807, 2.05) is 19.1 Å². The maximum Gasteiger partial charge on any atom is 0.179 e. The highest BCUT2D eigenvalue weighted by atomic mass is 16.3. The van der Waals surface area contributed by atoms with Gasteiger partial charge in [0.1, 0.15) is 5.75 Å². The predicted molar refractivity (Wildman–Crippen MR) is 104 cm³/mol. The standard InChI is InChI=1S/C22H31NO2/c1-14-8-10-18(23-14)19(24)11-9-15-12-16(21(2,3)4)20(25)17(13-15)22(5,6)7/h8,10,12-13,23,25H,9,11H2,1-7H3. The van der Waals surface area contributed by atoms with Crippen molar-refractivity contribution in [2.75, 3.05) is 0 Å². The van der Waals surface area contributed by atoms with Crippen molar-refractivity contribution < 1.29 is 9.90 Å². The molecule has 3 nitrogen and oxygen atoms in total. The van der Waals surface area contributed by atoms with Gasteiger partial charge in [0.2, 0.25) is 0 Å². The van der Waals surface area contributed by atoms with Gasteiger partial charge in [-0.2, -0.15) is 0 Å². The molecule has 1 heterocycles. The second-order valence-corrected chi connectivity index (χ2v) is 9.02. The quantitative estimate of drug-likeness (QED) is 0.728. The zero-order valence-corrected chi connectivity index (χ0v) is 16.6. The summed E-state index contributed by atoms with van der Waals surface area (Å²) in [4.78, 5) is 15.5. The van der Waals surface area contributed by atoms with Crippen molar-refractivity contribution in [1.82, 2.24) is 4.98 Å². The molecule has 0 spiro atoms. The number of nitrogens with one attached hydrogen (secondary N) is 1. The van der Waals surface area contributed by atoms with Gasteiger partial charge in [0.05, 0.1) is 5.69 Å². The minimum atomic E-state index is -0.152. The molecule has 2 aromatic rings. The van der Waals surface area contributed by atoms with Crippen molar-refractivity contribution in [3.8, 4) is 5.75 Å². The van der Waals surface area contributed by atoms with Crippen molar-refractivity contribution in [3.63, 3.8) is 0 Å². The van der Waals surface area contributed by atoms with Crippen molar-refractivity contribution in [2.24, 2.45) is 0 Å². The number of carbonyl (C=O) groups excluding carboxylic acids is 1. The average molecular weight is 341 g/mol. The lowest BCUT2D eigenvalue weighted by Crippen LogP contribution is -2.18. The maximum atomic E-state index is 12.4. The number of H-pyrrole nitrogens is 1. The van der Waals surface area contributed by atoms with Crippen LogP contribution in [0.2, 0.25) is 0 Å². The van der Waals surface area contributed by atoms with Gasteiger partial charge in [-0.1, -0.05) is 53.7 Å². The Hall–Kier alpha value is -2.03. The van der Waals surface area contributed by atoms with Gasteiger partial charge in [-0.05, 0) is 53.0 Å². The van der Waals surface area contributed by atoms with E-state index in [0.717, 1.165) is 22.4 Å². The van der Waals surface area contributed by atoms with Crippen LogP contribution in [-0.2, 0) is 17.3 Å². The fourth-order valence-electron chi connectivity index (χ4n) is 3.04. The van der Waals surface area contributed by atoms with Crippen molar-refractivity contribution in [2.45, 2.75) is 72.1 Å². The van der Waals surface area contributed by atoms with Crippen molar-refractivity contribution in [3.05, 3.63) is 52.3 Å². The summed E-state index contributed by atoms with van der Waals surface area (Å²) in [6.45, 7) is 14.6. The topological polar surface area (TPSA) is 53.1 Å². The molecule has 2 rings (SSSR count). The molecular formula is C22H31NO2. The fraction of sp³-hybridized carbons (Fsp3) is 0.500. The number of rotatable bonds is 4. The number of phenolic OH excluding ortho intramolecular Hbond substituents is 1. The van der Waals surface area contributed by atoms with E-state index >= 15 is 0 Å². The fourth-order valence-corrected chi connectivity index (χ4v) is 3.04. The molecule has 0 saturated heterocycles. The molecule has 0 radical (unpaired) electrons. The SMILES string of the molecule is Cc1ccc(C(=O)CCc2cc(C(C)(C)C)c(O)c(C(C)(C)C)c2)[nH]1. The van der Waals surface area contributed by atoms with Crippen LogP contribution >= 0.6 is 0 Å². The molecule has 3 heteroatoms. The number of hydrogen-bond acceptors (Lipinski definition) is 2. The number of aryl methyl sites for hydroxylation is 2. The molecule has 0 unspecified atom stereocenters. The molecule has 1 aromatic heterocycles. The number of phenols is 1. The van der Waals surface area contributed by atoms with Gasteiger partial charge in [0.25, 0.3) is 0 Å². The lowest BCUT2D eigenvalue weighted by atomic mass is 9.78. The monoisotopic (exact) mass is 341 g/mol. The van der Waals surface area contributed by atoms with Crippen LogP contribution in [0, 0.1) is 6.92 Å². The van der Waals surface area contributed by atoms with Gasteiger partial charge in [0, 0.05) is 12.1 Å². The van der Waals surface area contributed by atoms with Crippen LogP contribution in [0.1, 0.15) is 80.8 Å². The van der Waals surface area contributed by atoms with Gasteiger partial charge in [-0.15, -0.1) is 0 Å². The van der Waals surface area contributed by atoms with E-state index in [0.29, 0.717) is 24.3 Å². The first kappa shape index (κ1) is 19.3. The number of hydrogen-bond donors (Lipinski definition) is 2. The van der Waals surface area contributed by atoms with Crippen LogP contribution < -0.4 is 0 Å². The summed E-state index contributed by atoms with van der Waals surface area (Å²) in [6, 6.07) is 7.87. The molecule has 1 aromatic carbocycles. The number of Topliss-reactive ketones (excluding diaryl/α,β-unsaturated/α-hetero) is 1. The van der Waals surface area contributed by atoms with Gasteiger partial charge in [0.15, 0.2) is 5.78 Å². The molecular weight excluding hydrogens is 310 g/mol. The van der Waals surface area contributed by atoms with Crippen LogP contribution in [0.4, 0.5) is 0 Å². The summed E-state index contributed by atoms with van der Waals surface area (Å²) in [6.07, 6.45) is 1.13. The summed E-state index contributed by atoms with van der Waals surface area (Å²) in [5.41, 5.74) is 4.35. The molecule has 2 N–H and O–H groups in total. The molecule has 0 atom stereocenters. The maximum absolute atomic E-state index is 12.4. The Morgan fingerprint density at radius 1 is 1.00 bits per heavy atom. The normalized spacial score (nSPS) is 12.4. The van der Waals surface area contributed by atoms with Crippen molar-refractivity contribution in [1.29, 1.82) is 0 Å². The van der Waals surface area contributed by atoms with Gasteiger partial charge in [-0.25, -0.2) is 0 Å². The number of aromatic amines is 1. The average Bonchev–Trinajstić information content (AvgIpc) is 2.90. The zero-order chi connectivity index (χ0) is 19.0. The number of benzene rings is 1. The Kier molecular flexibility index (Phi) is 5.17. The van der Waals surface area contributed by atoms with Crippen LogP contribution in [0.5, 0.6) is 5.75 Å². The van der Waals surface area contributed by atoms with E-state index in [9.17, 15) is 9.90 Å². The number of aromatic nitrogens is 1. The highest BCUT2D eigenvalue weighted by Gasteiger charge is 2.26. The highest BCUT2D eigenvalue weighted by molar-refractivity contribution is 5.94. The first-order valence-corrected chi connectivity index (χ1v) is 8.95. The third kappa shape index (κ3) is 4.53. The molecule has 25 heavy (non-hydrogen) atoms. The van der Waals surface area contributed by atoms with Crippen LogP contribution in [-0.4, -0.2) is 15.9 Å². The summed E-state index contributed by atoms with van der Waals surface area (Å²) >= 11 is 0. The molecule has 0 aliphatic heterocycles. The lowest BCUT2D eigenvalue weighted by Gasteiger charge is -2.28. The Morgan fingerprint density at radius 3 is 1.92 bits per heavy atom. The number of aromatic hydroxyl groups is 1. The smallest absolute Gasteiger partial charge is 0.179 e. The first-order chi connectivity index (χ1) is 11.4.